The first-order valence-corrected chi connectivity index (χ1v) is 6.49. The van der Waals surface area contributed by atoms with Crippen molar-refractivity contribution in [3.8, 4) is 0 Å². The van der Waals surface area contributed by atoms with Gasteiger partial charge in [-0.25, -0.2) is 0 Å². The highest BCUT2D eigenvalue weighted by Crippen LogP contribution is 2.34. The van der Waals surface area contributed by atoms with Crippen molar-refractivity contribution in [2.24, 2.45) is 5.92 Å². The standard InChI is InChI=1S/C13H19F3N2O/c1-17-7-10-6-12(19-9-10)8-18-4-2-11(3-5-18)13(14,15)16/h6,9,11,17H,2-5,7-8H2,1H3. The van der Waals surface area contributed by atoms with Crippen LogP contribution in [0.4, 0.5) is 13.2 Å². The Morgan fingerprint density at radius 2 is 2.05 bits per heavy atom. The number of halogens is 3. The summed E-state index contributed by atoms with van der Waals surface area (Å²) >= 11 is 0. The Bertz CT molecular complexity index is 395. The summed E-state index contributed by atoms with van der Waals surface area (Å²) in [5.41, 5.74) is 1.06. The summed E-state index contributed by atoms with van der Waals surface area (Å²) in [5.74, 6) is -0.323. The molecule has 0 bridgehead atoms. The Morgan fingerprint density at radius 3 is 2.63 bits per heavy atom. The molecular formula is C13H19F3N2O. The third kappa shape index (κ3) is 3.98. The van der Waals surface area contributed by atoms with Crippen molar-refractivity contribution in [3.63, 3.8) is 0 Å². The number of piperidine rings is 1. The number of alkyl halides is 3. The molecule has 1 fully saturated rings. The topological polar surface area (TPSA) is 28.4 Å². The summed E-state index contributed by atoms with van der Waals surface area (Å²) in [6.07, 6.45) is -1.98. The minimum Gasteiger partial charge on any atom is -0.468 e. The quantitative estimate of drug-likeness (QED) is 0.916. The van der Waals surface area contributed by atoms with E-state index in [9.17, 15) is 13.2 Å². The van der Waals surface area contributed by atoms with Crippen LogP contribution in [0.5, 0.6) is 0 Å². The van der Waals surface area contributed by atoms with E-state index < -0.39 is 12.1 Å². The number of nitrogens with one attached hydrogen (secondary N) is 1. The van der Waals surface area contributed by atoms with Gasteiger partial charge in [0.05, 0.1) is 18.7 Å². The predicted molar refractivity (Wildman–Crippen MR) is 65.5 cm³/mol. The number of nitrogens with zero attached hydrogens (tertiary/aromatic N) is 1. The highest BCUT2D eigenvalue weighted by Gasteiger charge is 2.41. The maximum Gasteiger partial charge on any atom is 0.391 e. The van der Waals surface area contributed by atoms with Crippen LogP contribution in [-0.2, 0) is 13.1 Å². The minimum absolute atomic E-state index is 0.188. The fraction of sp³-hybridized carbons (Fsp3) is 0.692. The third-order valence-electron chi connectivity index (χ3n) is 3.52. The molecule has 1 N–H and O–H groups in total. The van der Waals surface area contributed by atoms with Crippen molar-refractivity contribution in [2.75, 3.05) is 20.1 Å². The lowest BCUT2D eigenvalue weighted by molar-refractivity contribution is -0.185. The summed E-state index contributed by atoms with van der Waals surface area (Å²) in [4.78, 5) is 2.02. The fourth-order valence-electron chi connectivity index (χ4n) is 2.44. The Labute approximate surface area is 110 Å². The van der Waals surface area contributed by atoms with Crippen molar-refractivity contribution in [3.05, 3.63) is 23.7 Å². The molecule has 1 aliphatic heterocycles. The maximum absolute atomic E-state index is 12.5. The SMILES string of the molecule is CNCc1coc(CN2CCC(C(F)(F)F)CC2)c1. The molecule has 1 aliphatic rings. The van der Waals surface area contributed by atoms with Crippen LogP contribution in [0.15, 0.2) is 16.7 Å². The molecule has 1 saturated heterocycles. The van der Waals surface area contributed by atoms with E-state index in [-0.39, 0.29) is 12.8 Å². The molecule has 19 heavy (non-hydrogen) atoms. The van der Waals surface area contributed by atoms with Gasteiger partial charge in [0.25, 0.3) is 0 Å². The van der Waals surface area contributed by atoms with Gasteiger partial charge >= 0.3 is 6.18 Å². The highest BCUT2D eigenvalue weighted by atomic mass is 19.4. The maximum atomic E-state index is 12.5. The first-order chi connectivity index (χ1) is 8.99. The number of rotatable bonds is 4. The predicted octanol–water partition coefficient (Wildman–Crippen LogP) is 2.77. The molecular weight excluding hydrogens is 257 g/mol. The summed E-state index contributed by atoms with van der Waals surface area (Å²) in [6.45, 7) is 2.28. The molecule has 0 atom stereocenters. The molecule has 2 heterocycles. The van der Waals surface area contributed by atoms with E-state index in [1.165, 1.54) is 0 Å². The second-order valence-corrected chi connectivity index (χ2v) is 5.04. The molecule has 108 valence electrons. The van der Waals surface area contributed by atoms with Gasteiger partial charge in [-0.3, -0.25) is 4.90 Å². The molecule has 1 aromatic heterocycles. The van der Waals surface area contributed by atoms with Gasteiger partial charge in [0.2, 0.25) is 0 Å². The second-order valence-electron chi connectivity index (χ2n) is 5.04. The van der Waals surface area contributed by atoms with Crippen LogP contribution in [-0.4, -0.2) is 31.2 Å². The minimum atomic E-state index is -4.04. The zero-order valence-electron chi connectivity index (χ0n) is 11.0. The van der Waals surface area contributed by atoms with Gasteiger partial charge in [0.1, 0.15) is 5.76 Å². The normalized spacial score (nSPS) is 18.9. The molecule has 0 radical (unpaired) electrons. The van der Waals surface area contributed by atoms with E-state index in [0.717, 1.165) is 17.9 Å². The second kappa shape index (κ2) is 5.96. The summed E-state index contributed by atoms with van der Waals surface area (Å²) in [5, 5.41) is 3.02. The van der Waals surface area contributed by atoms with Crippen LogP contribution >= 0.6 is 0 Å². The summed E-state index contributed by atoms with van der Waals surface area (Å²) in [6, 6.07) is 1.95. The van der Waals surface area contributed by atoms with Crippen molar-refractivity contribution < 1.29 is 17.6 Å². The molecule has 3 nitrogen and oxygen atoms in total. The Hall–Kier alpha value is -1.01. The average molecular weight is 276 g/mol. The van der Waals surface area contributed by atoms with Crippen LogP contribution in [0, 0.1) is 5.92 Å². The number of furan rings is 1. The molecule has 0 aromatic carbocycles. The summed E-state index contributed by atoms with van der Waals surface area (Å²) < 4.78 is 43.0. The molecule has 0 aliphatic carbocycles. The van der Waals surface area contributed by atoms with E-state index >= 15 is 0 Å². The van der Waals surface area contributed by atoms with Crippen molar-refractivity contribution in [1.29, 1.82) is 0 Å². The van der Waals surface area contributed by atoms with Gasteiger partial charge in [-0.2, -0.15) is 13.2 Å². The molecule has 0 amide bonds. The molecule has 0 saturated carbocycles. The molecule has 0 spiro atoms. The molecule has 1 aromatic rings. The Morgan fingerprint density at radius 1 is 1.37 bits per heavy atom. The summed E-state index contributed by atoms with van der Waals surface area (Å²) in [7, 11) is 1.86. The van der Waals surface area contributed by atoms with Crippen LogP contribution in [0.2, 0.25) is 0 Å². The van der Waals surface area contributed by atoms with Crippen molar-refractivity contribution in [1.82, 2.24) is 10.2 Å². The smallest absolute Gasteiger partial charge is 0.391 e. The van der Waals surface area contributed by atoms with Gasteiger partial charge in [-0.15, -0.1) is 0 Å². The van der Waals surface area contributed by atoms with Crippen molar-refractivity contribution >= 4 is 0 Å². The first kappa shape index (κ1) is 14.4. The Balaban J connectivity index is 1.82. The molecule has 2 rings (SSSR count). The Kier molecular flexibility index (Phi) is 4.52. The van der Waals surface area contributed by atoms with Gasteiger partial charge < -0.3 is 9.73 Å². The van der Waals surface area contributed by atoms with Gasteiger partial charge in [0.15, 0.2) is 0 Å². The van der Waals surface area contributed by atoms with E-state index in [1.54, 1.807) is 6.26 Å². The van der Waals surface area contributed by atoms with E-state index in [1.807, 2.05) is 18.0 Å². The third-order valence-corrected chi connectivity index (χ3v) is 3.52. The number of hydrogen-bond acceptors (Lipinski definition) is 3. The fourth-order valence-corrected chi connectivity index (χ4v) is 2.44. The lowest BCUT2D eigenvalue weighted by Crippen LogP contribution is -2.38. The average Bonchev–Trinajstić information content (AvgIpc) is 2.77. The highest BCUT2D eigenvalue weighted by molar-refractivity contribution is 5.12. The van der Waals surface area contributed by atoms with Gasteiger partial charge in [-0.1, -0.05) is 0 Å². The van der Waals surface area contributed by atoms with Crippen LogP contribution in [0.3, 0.4) is 0 Å². The van der Waals surface area contributed by atoms with Crippen LogP contribution in [0.1, 0.15) is 24.2 Å². The zero-order valence-corrected chi connectivity index (χ0v) is 11.0. The lowest BCUT2D eigenvalue weighted by atomic mass is 9.96. The number of likely N-dealkylation sites (tertiary alicyclic amines) is 1. The molecule has 0 unspecified atom stereocenters. The zero-order chi connectivity index (χ0) is 13.9. The van der Waals surface area contributed by atoms with E-state index in [2.05, 4.69) is 5.32 Å². The monoisotopic (exact) mass is 276 g/mol. The number of hydrogen-bond donors (Lipinski definition) is 1. The molecule has 6 heteroatoms. The lowest BCUT2D eigenvalue weighted by Gasteiger charge is -2.32. The van der Waals surface area contributed by atoms with E-state index in [0.29, 0.717) is 19.6 Å². The van der Waals surface area contributed by atoms with Crippen LogP contribution in [0.25, 0.3) is 0 Å². The van der Waals surface area contributed by atoms with Gasteiger partial charge in [-0.05, 0) is 39.0 Å². The van der Waals surface area contributed by atoms with Crippen molar-refractivity contribution in [2.45, 2.75) is 32.1 Å². The largest absolute Gasteiger partial charge is 0.468 e. The first-order valence-electron chi connectivity index (χ1n) is 6.49. The van der Waals surface area contributed by atoms with Crippen LogP contribution < -0.4 is 5.32 Å². The van der Waals surface area contributed by atoms with Gasteiger partial charge in [0, 0.05) is 12.1 Å². The van der Waals surface area contributed by atoms with E-state index in [4.69, 9.17) is 4.42 Å².